The predicted molar refractivity (Wildman–Crippen MR) is 60.1 cm³/mol. The molecule has 1 aliphatic heterocycles. The Morgan fingerprint density at radius 1 is 1.56 bits per heavy atom. The van der Waals surface area contributed by atoms with E-state index in [0.717, 1.165) is 19.4 Å². The quantitative estimate of drug-likeness (QED) is 0.636. The Kier molecular flexibility index (Phi) is 4.98. The number of carboxylic acids is 1. The summed E-state index contributed by atoms with van der Waals surface area (Å²) in [6.45, 7) is 5.06. The normalized spacial score (nSPS) is 20.6. The molecule has 1 aliphatic rings. The lowest BCUT2D eigenvalue weighted by molar-refractivity contribution is -0.138. The summed E-state index contributed by atoms with van der Waals surface area (Å²) < 4.78 is 0. The summed E-state index contributed by atoms with van der Waals surface area (Å²) in [6, 6.07) is 0.00646. The Balaban J connectivity index is 2.36. The second kappa shape index (κ2) is 6.27. The first kappa shape index (κ1) is 12.7. The maximum atomic E-state index is 11.4. The molecule has 0 aromatic heterocycles. The third-order valence-corrected chi connectivity index (χ3v) is 2.70. The van der Waals surface area contributed by atoms with E-state index in [1.54, 1.807) is 6.08 Å². The van der Waals surface area contributed by atoms with Gasteiger partial charge in [-0.15, -0.1) is 6.58 Å². The topological polar surface area (TPSA) is 69.6 Å². The van der Waals surface area contributed by atoms with Crippen LogP contribution in [0.1, 0.15) is 19.3 Å². The Morgan fingerprint density at radius 3 is 2.94 bits per heavy atom. The summed E-state index contributed by atoms with van der Waals surface area (Å²) in [5.74, 6) is -0.874. The molecule has 5 heteroatoms. The van der Waals surface area contributed by atoms with Crippen LogP contribution in [0, 0.1) is 0 Å². The van der Waals surface area contributed by atoms with Crippen molar-refractivity contribution in [1.82, 2.24) is 10.2 Å². The molecule has 1 atom stereocenters. The monoisotopic (exact) mass is 226 g/mol. The van der Waals surface area contributed by atoms with Crippen LogP contribution in [0.3, 0.4) is 0 Å². The molecule has 1 fully saturated rings. The minimum Gasteiger partial charge on any atom is -0.481 e. The van der Waals surface area contributed by atoms with Crippen LogP contribution in [0.5, 0.6) is 0 Å². The lowest BCUT2D eigenvalue weighted by Crippen LogP contribution is -2.40. The van der Waals surface area contributed by atoms with E-state index in [4.69, 9.17) is 5.11 Å². The van der Waals surface area contributed by atoms with Crippen molar-refractivity contribution >= 4 is 11.9 Å². The number of amides is 1. The van der Waals surface area contributed by atoms with Gasteiger partial charge in [-0.2, -0.15) is 0 Å². The molecule has 5 nitrogen and oxygen atoms in total. The van der Waals surface area contributed by atoms with Gasteiger partial charge in [0, 0.05) is 12.6 Å². The standard InChI is InChI=1S/C11H18N2O3/c1-2-5-12-10(14)8-13-6-3-4-9(13)7-11(15)16/h2,9H,1,3-8H2,(H,12,14)(H,15,16). The van der Waals surface area contributed by atoms with E-state index in [2.05, 4.69) is 11.9 Å². The van der Waals surface area contributed by atoms with E-state index in [1.165, 1.54) is 0 Å². The summed E-state index contributed by atoms with van der Waals surface area (Å²) in [4.78, 5) is 24.0. The molecule has 90 valence electrons. The zero-order valence-corrected chi connectivity index (χ0v) is 9.32. The molecule has 16 heavy (non-hydrogen) atoms. The lowest BCUT2D eigenvalue weighted by Gasteiger charge is -2.22. The fourth-order valence-electron chi connectivity index (χ4n) is 1.96. The van der Waals surface area contributed by atoms with Crippen molar-refractivity contribution in [3.8, 4) is 0 Å². The number of nitrogens with zero attached hydrogens (tertiary/aromatic N) is 1. The molecule has 1 heterocycles. The van der Waals surface area contributed by atoms with E-state index in [1.807, 2.05) is 4.90 Å². The van der Waals surface area contributed by atoms with Gasteiger partial charge in [0.2, 0.25) is 5.91 Å². The van der Waals surface area contributed by atoms with Crippen molar-refractivity contribution in [1.29, 1.82) is 0 Å². The van der Waals surface area contributed by atoms with E-state index in [9.17, 15) is 9.59 Å². The highest BCUT2D eigenvalue weighted by Crippen LogP contribution is 2.19. The lowest BCUT2D eigenvalue weighted by atomic mass is 10.1. The maximum absolute atomic E-state index is 11.4. The highest BCUT2D eigenvalue weighted by molar-refractivity contribution is 5.78. The molecule has 0 bridgehead atoms. The van der Waals surface area contributed by atoms with Gasteiger partial charge in [-0.05, 0) is 19.4 Å². The van der Waals surface area contributed by atoms with Crippen LogP contribution < -0.4 is 5.32 Å². The molecule has 2 N–H and O–H groups in total. The van der Waals surface area contributed by atoms with Crippen LogP contribution in [-0.4, -0.2) is 47.6 Å². The first-order valence-corrected chi connectivity index (χ1v) is 5.47. The molecule has 0 aromatic carbocycles. The van der Waals surface area contributed by atoms with Gasteiger partial charge in [-0.3, -0.25) is 14.5 Å². The van der Waals surface area contributed by atoms with Gasteiger partial charge in [0.05, 0.1) is 13.0 Å². The van der Waals surface area contributed by atoms with Crippen LogP contribution in [0.15, 0.2) is 12.7 Å². The summed E-state index contributed by atoms with van der Waals surface area (Å²) in [6.07, 6.45) is 3.57. The first-order valence-electron chi connectivity index (χ1n) is 5.47. The zero-order chi connectivity index (χ0) is 12.0. The number of hydrogen-bond donors (Lipinski definition) is 2. The maximum Gasteiger partial charge on any atom is 0.304 e. The molecular formula is C11H18N2O3. The van der Waals surface area contributed by atoms with Gasteiger partial charge in [0.15, 0.2) is 0 Å². The molecular weight excluding hydrogens is 208 g/mol. The SMILES string of the molecule is C=CCNC(=O)CN1CCCC1CC(=O)O. The van der Waals surface area contributed by atoms with Crippen LogP contribution in [-0.2, 0) is 9.59 Å². The first-order chi connectivity index (χ1) is 7.63. The second-order valence-corrected chi connectivity index (χ2v) is 3.96. The number of aliphatic carboxylic acids is 1. The van der Waals surface area contributed by atoms with Crippen molar-refractivity contribution in [2.75, 3.05) is 19.6 Å². The summed E-state index contributed by atoms with van der Waals surface area (Å²) in [7, 11) is 0. The largest absolute Gasteiger partial charge is 0.481 e. The number of likely N-dealkylation sites (tertiary alicyclic amines) is 1. The van der Waals surface area contributed by atoms with E-state index >= 15 is 0 Å². The third-order valence-electron chi connectivity index (χ3n) is 2.70. The smallest absolute Gasteiger partial charge is 0.304 e. The minimum absolute atomic E-state index is 0.00646. The Bertz CT molecular complexity index is 278. The van der Waals surface area contributed by atoms with Gasteiger partial charge >= 0.3 is 5.97 Å². The van der Waals surface area contributed by atoms with Crippen molar-refractivity contribution in [3.63, 3.8) is 0 Å². The Hall–Kier alpha value is -1.36. The number of carbonyl (C=O) groups excluding carboxylic acids is 1. The van der Waals surface area contributed by atoms with Crippen LogP contribution in [0.25, 0.3) is 0 Å². The number of nitrogens with one attached hydrogen (secondary N) is 1. The van der Waals surface area contributed by atoms with Gasteiger partial charge in [-0.25, -0.2) is 0 Å². The highest BCUT2D eigenvalue weighted by Gasteiger charge is 2.27. The van der Waals surface area contributed by atoms with Gasteiger partial charge in [0.1, 0.15) is 0 Å². The molecule has 0 radical (unpaired) electrons. The molecule has 0 spiro atoms. The summed E-state index contributed by atoms with van der Waals surface area (Å²) >= 11 is 0. The van der Waals surface area contributed by atoms with Crippen molar-refractivity contribution < 1.29 is 14.7 Å². The van der Waals surface area contributed by atoms with Gasteiger partial charge in [-0.1, -0.05) is 6.08 Å². The third kappa shape index (κ3) is 4.02. The van der Waals surface area contributed by atoms with E-state index in [-0.39, 0.29) is 24.9 Å². The highest BCUT2D eigenvalue weighted by atomic mass is 16.4. The fourth-order valence-corrected chi connectivity index (χ4v) is 1.96. The number of rotatable bonds is 6. The van der Waals surface area contributed by atoms with Crippen molar-refractivity contribution in [2.45, 2.75) is 25.3 Å². The summed E-state index contributed by atoms with van der Waals surface area (Å²) in [5.41, 5.74) is 0. The zero-order valence-electron chi connectivity index (χ0n) is 9.32. The van der Waals surface area contributed by atoms with Crippen LogP contribution in [0.4, 0.5) is 0 Å². The average molecular weight is 226 g/mol. The molecule has 1 rings (SSSR count). The molecule has 1 amide bonds. The van der Waals surface area contributed by atoms with Gasteiger partial charge < -0.3 is 10.4 Å². The predicted octanol–water partition coefficient (Wildman–Crippen LogP) is 0.228. The Labute approximate surface area is 95.1 Å². The van der Waals surface area contributed by atoms with E-state index < -0.39 is 5.97 Å². The van der Waals surface area contributed by atoms with Crippen LogP contribution >= 0.6 is 0 Å². The van der Waals surface area contributed by atoms with Crippen molar-refractivity contribution in [2.24, 2.45) is 0 Å². The van der Waals surface area contributed by atoms with Gasteiger partial charge in [0.25, 0.3) is 0 Å². The summed E-state index contributed by atoms with van der Waals surface area (Å²) in [5, 5.41) is 11.4. The molecule has 0 saturated carbocycles. The minimum atomic E-state index is -0.802. The average Bonchev–Trinajstić information content (AvgIpc) is 2.62. The molecule has 1 unspecified atom stereocenters. The number of carboxylic acid groups (broad SMARTS) is 1. The molecule has 0 aromatic rings. The Morgan fingerprint density at radius 2 is 2.31 bits per heavy atom. The van der Waals surface area contributed by atoms with Crippen LogP contribution in [0.2, 0.25) is 0 Å². The fraction of sp³-hybridized carbons (Fsp3) is 0.636. The number of carbonyl (C=O) groups is 2. The van der Waals surface area contributed by atoms with Crippen molar-refractivity contribution in [3.05, 3.63) is 12.7 Å². The number of hydrogen-bond acceptors (Lipinski definition) is 3. The van der Waals surface area contributed by atoms with E-state index in [0.29, 0.717) is 6.54 Å². The molecule has 1 saturated heterocycles. The molecule has 0 aliphatic carbocycles. The second-order valence-electron chi connectivity index (χ2n) is 3.96.